The summed E-state index contributed by atoms with van der Waals surface area (Å²) in [7, 11) is 0. The average molecular weight is 391 g/mol. The number of hydrogen-bond acceptors (Lipinski definition) is 4. The van der Waals surface area contributed by atoms with Crippen molar-refractivity contribution in [2.75, 3.05) is 19.7 Å². The third-order valence-corrected chi connectivity index (χ3v) is 4.35. The Morgan fingerprint density at radius 3 is 2.58 bits per heavy atom. The maximum Gasteiger partial charge on any atom is 0.354 e. The summed E-state index contributed by atoms with van der Waals surface area (Å²) in [6.45, 7) is 1.39. The molecule has 0 saturated carbocycles. The van der Waals surface area contributed by atoms with E-state index in [0.717, 1.165) is 10.0 Å². The van der Waals surface area contributed by atoms with Gasteiger partial charge in [-0.1, -0.05) is 28.1 Å². The number of hydrogen-bond donors (Lipinski definition) is 1. The molecule has 0 unspecified atom stereocenters. The van der Waals surface area contributed by atoms with Crippen LogP contribution in [0.3, 0.4) is 0 Å². The molecule has 1 atom stereocenters. The van der Waals surface area contributed by atoms with Crippen molar-refractivity contribution in [3.63, 3.8) is 0 Å². The maximum absolute atomic E-state index is 12.6. The first kappa shape index (κ1) is 16.6. The number of benzene rings is 1. The van der Waals surface area contributed by atoms with Gasteiger partial charge in [-0.3, -0.25) is 4.79 Å². The van der Waals surface area contributed by atoms with Crippen molar-refractivity contribution in [2.24, 2.45) is 0 Å². The zero-order chi connectivity index (χ0) is 17.1. The maximum atomic E-state index is 12.6. The molecule has 0 radical (unpaired) electrons. The Morgan fingerprint density at radius 2 is 1.96 bits per heavy atom. The third kappa shape index (κ3) is 3.63. The zero-order valence-corrected chi connectivity index (χ0v) is 14.3. The number of nitrogens with zero attached hydrogens (tertiary/aromatic N) is 2. The molecule has 3 rings (SSSR count). The number of ether oxygens (including phenoxy) is 1. The van der Waals surface area contributed by atoms with E-state index in [4.69, 9.17) is 9.84 Å². The first-order valence-electron chi connectivity index (χ1n) is 7.40. The summed E-state index contributed by atoms with van der Waals surface area (Å²) in [5.74, 6) is -1.29. The number of amides is 1. The number of aromatic carboxylic acids is 1. The van der Waals surface area contributed by atoms with Gasteiger partial charge in [-0.05, 0) is 29.8 Å². The van der Waals surface area contributed by atoms with Gasteiger partial charge in [-0.2, -0.15) is 0 Å². The fourth-order valence-electron chi connectivity index (χ4n) is 2.54. The van der Waals surface area contributed by atoms with Crippen LogP contribution < -0.4 is 0 Å². The largest absolute Gasteiger partial charge is 0.477 e. The number of morpholine rings is 1. The van der Waals surface area contributed by atoms with E-state index in [2.05, 4.69) is 20.9 Å². The molecule has 2 aromatic rings. The van der Waals surface area contributed by atoms with Crippen molar-refractivity contribution in [3.8, 4) is 0 Å². The first-order chi connectivity index (χ1) is 11.5. The Kier molecular flexibility index (Phi) is 4.92. The second-order valence-corrected chi connectivity index (χ2v) is 6.32. The van der Waals surface area contributed by atoms with E-state index in [0.29, 0.717) is 25.3 Å². The van der Waals surface area contributed by atoms with Crippen molar-refractivity contribution in [1.82, 2.24) is 9.88 Å². The van der Waals surface area contributed by atoms with Crippen LogP contribution >= 0.6 is 15.9 Å². The van der Waals surface area contributed by atoms with Crippen molar-refractivity contribution >= 4 is 27.8 Å². The van der Waals surface area contributed by atoms with E-state index in [-0.39, 0.29) is 17.7 Å². The normalized spacial score (nSPS) is 17.5. The van der Waals surface area contributed by atoms with Gasteiger partial charge in [0.15, 0.2) is 0 Å². The van der Waals surface area contributed by atoms with Crippen LogP contribution in [0.5, 0.6) is 0 Å². The van der Waals surface area contributed by atoms with E-state index >= 15 is 0 Å². The summed E-state index contributed by atoms with van der Waals surface area (Å²) in [5, 5.41) is 8.87. The second-order valence-electron chi connectivity index (χ2n) is 5.40. The quantitative estimate of drug-likeness (QED) is 0.871. The SMILES string of the molecule is O=C(O)c1ccc(C(=O)N2CCO[C@H](c3ccc(Br)cc3)C2)cn1. The van der Waals surface area contributed by atoms with Gasteiger partial charge in [-0.15, -0.1) is 0 Å². The average Bonchev–Trinajstić information content (AvgIpc) is 2.62. The summed E-state index contributed by atoms with van der Waals surface area (Å²) >= 11 is 3.40. The van der Waals surface area contributed by atoms with Gasteiger partial charge in [-0.25, -0.2) is 9.78 Å². The molecule has 1 aliphatic rings. The van der Waals surface area contributed by atoms with Crippen LogP contribution in [-0.4, -0.2) is 46.6 Å². The molecule has 1 aromatic carbocycles. The number of aromatic nitrogens is 1. The van der Waals surface area contributed by atoms with Gasteiger partial charge >= 0.3 is 5.97 Å². The number of carbonyl (C=O) groups is 2. The van der Waals surface area contributed by atoms with E-state index in [1.54, 1.807) is 4.90 Å². The standard InChI is InChI=1S/C17H15BrN2O4/c18-13-4-1-11(2-5-13)15-10-20(7-8-24-15)16(21)12-3-6-14(17(22)23)19-9-12/h1-6,9,15H,7-8,10H2,(H,22,23)/t15-/m0/s1. The predicted octanol–water partition coefficient (Wildman–Crippen LogP) is 2.76. The van der Waals surface area contributed by atoms with Crippen molar-refractivity contribution in [1.29, 1.82) is 0 Å². The molecule has 7 heteroatoms. The van der Waals surface area contributed by atoms with Crippen LogP contribution in [0.15, 0.2) is 47.1 Å². The molecule has 6 nitrogen and oxygen atoms in total. The molecule has 124 valence electrons. The number of carboxylic acid groups (broad SMARTS) is 1. The van der Waals surface area contributed by atoms with Gasteiger partial charge in [0, 0.05) is 17.2 Å². The number of halogens is 1. The molecular formula is C17H15BrN2O4. The van der Waals surface area contributed by atoms with Crippen LogP contribution in [-0.2, 0) is 4.74 Å². The zero-order valence-electron chi connectivity index (χ0n) is 12.7. The Labute approximate surface area is 147 Å². The smallest absolute Gasteiger partial charge is 0.354 e. The van der Waals surface area contributed by atoms with Gasteiger partial charge in [0.25, 0.3) is 5.91 Å². The summed E-state index contributed by atoms with van der Waals surface area (Å²) in [4.78, 5) is 28.9. The minimum absolute atomic E-state index is 0.0822. The molecule has 1 N–H and O–H groups in total. The molecule has 1 aliphatic heterocycles. The summed E-state index contributed by atoms with van der Waals surface area (Å²) in [5.41, 5.74) is 1.30. The van der Waals surface area contributed by atoms with Gasteiger partial charge in [0.05, 0.1) is 18.7 Å². The lowest BCUT2D eigenvalue weighted by Crippen LogP contribution is -2.42. The molecule has 24 heavy (non-hydrogen) atoms. The molecular weight excluding hydrogens is 376 g/mol. The molecule has 1 amide bonds. The lowest BCUT2D eigenvalue weighted by molar-refractivity contribution is -0.0228. The Balaban J connectivity index is 1.72. The minimum atomic E-state index is -1.12. The van der Waals surface area contributed by atoms with E-state index in [1.807, 2.05) is 24.3 Å². The molecule has 1 aromatic heterocycles. The molecule has 1 saturated heterocycles. The Hall–Kier alpha value is -2.25. The fraction of sp³-hybridized carbons (Fsp3) is 0.235. The first-order valence-corrected chi connectivity index (χ1v) is 8.19. The van der Waals surface area contributed by atoms with E-state index in [1.165, 1.54) is 18.3 Å². The number of rotatable bonds is 3. The minimum Gasteiger partial charge on any atom is -0.477 e. The highest BCUT2D eigenvalue weighted by molar-refractivity contribution is 9.10. The van der Waals surface area contributed by atoms with Crippen LogP contribution in [0.1, 0.15) is 32.5 Å². The second kappa shape index (κ2) is 7.11. The summed E-state index contributed by atoms with van der Waals surface area (Å²) in [6, 6.07) is 10.6. The Morgan fingerprint density at radius 1 is 1.21 bits per heavy atom. The highest BCUT2D eigenvalue weighted by Gasteiger charge is 2.26. The lowest BCUT2D eigenvalue weighted by atomic mass is 10.1. The molecule has 2 heterocycles. The highest BCUT2D eigenvalue weighted by Crippen LogP contribution is 2.24. The van der Waals surface area contributed by atoms with E-state index < -0.39 is 5.97 Å². The van der Waals surface area contributed by atoms with E-state index in [9.17, 15) is 9.59 Å². The number of carbonyl (C=O) groups excluding carboxylic acids is 1. The van der Waals surface area contributed by atoms with Gasteiger partial charge < -0.3 is 14.7 Å². The lowest BCUT2D eigenvalue weighted by Gasteiger charge is -2.33. The molecule has 0 spiro atoms. The highest BCUT2D eigenvalue weighted by atomic mass is 79.9. The third-order valence-electron chi connectivity index (χ3n) is 3.83. The number of carboxylic acids is 1. The molecule has 0 bridgehead atoms. The van der Waals surface area contributed by atoms with Gasteiger partial charge in [0.2, 0.25) is 0 Å². The summed E-state index contributed by atoms with van der Waals surface area (Å²) in [6.07, 6.45) is 1.12. The predicted molar refractivity (Wildman–Crippen MR) is 89.9 cm³/mol. The van der Waals surface area contributed by atoms with Crippen LogP contribution in [0.2, 0.25) is 0 Å². The van der Waals surface area contributed by atoms with Crippen molar-refractivity contribution in [2.45, 2.75) is 6.10 Å². The summed E-state index contributed by atoms with van der Waals surface area (Å²) < 4.78 is 6.75. The van der Waals surface area contributed by atoms with Gasteiger partial charge in [0.1, 0.15) is 11.8 Å². The Bertz CT molecular complexity index is 746. The topological polar surface area (TPSA) is 79.7 Å². The van der Waals surface area contributed by atoms with Crippen molar-refractivity contribution in [3.05, 3.63) is 63.9 Å². The molecule has 1 fully saturated rings. The van der Waals surface area contributed by atoms with Crippen LogP contribution in [0.25, 0.3) is 0 Å². The number of pyridine rings is 1. The van der Waals surface area contributed by atoms with Crippen LogP contribution in [0.4, 0.5) is 0 Å². The monoisotopic (exact) mass is 390 g/mol. The molecule has 0 aliphatic carbocycles. The van der Waals surface area contributed by atoms with Crippen molar-refractivity contribution < 1.29 is 19.4 Å². The fourth-order valence-corrected chi connectivity index (χ4v) is 2.81. The van der Waals surface area contributed by atoms with Crippen LogP contribution in [0, 0.1) is 0 Å².